The SMILES string of the molecule is CC(CO)Oc1ccc(C(=O)Nc2nc(-c3cc(Cl)cs3)c(N3CCN(C4CCCCC4)CC3)s2)cc1Cl.O=C(O)C(F)(F)F. The van der Waals surface area contributed by atoms with E-state index in [1.807, 2.05) is 11.4 Å². The summed E-state index contributed by atoms with van der Waals surface area (Å²) in [4.78, 5) is 32.8. The molecular weight excluding hydrogens is 676 g/mol. The Labute approximate surface area is 276 Å². The summed E-state index contributed by atoms with van der Waals surface area (Å²) >= 11 is 15.6. The molecule has 2 fully saturated rings. The number of thiophene rings is 1. The molecule has 9 nitrogen and oxygen atoms in total. The number of aromatic nitrogens is 1. The van der Waals surface area contributed by atoms with Crippen LogP contribution in [0.1, 0.15) is 49.4 Å². The highest BCUT2D eigenvalue weighted by molar-refractivity contribution is 7.21. The highest BCUT2D eigenvalue weighted by Gasteiger charge is 2.38. The Morgan fingerprint density at radius 1 is 1.13 bits per heavy atom. The molecule has 1 saturated carbocycles. The van der Waals surface area contributed by atoms with Crippen molar-refractivity contribution >= 4 is 67.9 Å². The van der Waals surface area contributed by atoms with Crippen LogP contribution in [0.25, 0.3) is 10.6 Å². The number of halogens is 5. The van der Waals surface area contributed by atoms with Crippen LogP contribution in [0, 0.1) is 0 Å². The van der Waals surface area contributed by atoms with E-state index in [1.54, 1.807) is 36.5 Å². The van der Waals surface area contributed by atoms with Crippen molar-refractivity contribution in [3.63, 3.8) is 0 Å². The number of ether oxygens (including phenoxy) is 1. The summed E-state index contributed by atoms with van der Waals surface area (Å²) in [5, 5.41) is 23.8. The molecule has 1 aromatic carbocycles. The quantitative estimate of drug-likeness (QED) is 0.224. The molecule has 5 rings (SSSR count). The predicted molar refractivity (Wildman–Crippen MR) is 171 cm³/mol. The number of aliphatic carboxylic acids is 1. The van der Waals surface area contributed by atoms with Crippen molar-refractivity contribution in [1.82, 2.24) is 9.88 Å². The molecule has 1 unspecified atom stereocenters. The molecule has 1 amide bonds. The monoisotopic (exact) mass is 708 g/mol. The van der Waals surface area contributed by atoms with Crippen LogP contribution in [-0.2, 0) is 4.79 Å². The van der Waals surface area contributed by atoms with E-state index >= 15 is 0 Å². The van der Waals surface area contributed by atoms with E-state index in [0.717, 1.165) is 41.8 Å². The minimum Gasteiger partial charge on any atom is -0.487 e. The van der Waals surface area contributed by atoms with Crippen LogP contribution in [0.5, 0.6) is 5.75 Å². The number of aliphatic hydroxyl groups is 1. The fourth-order valence-corrected chi connectivity index (χ4v) is 7.46. The molecule has 0 bridgehead atoms. The molecule has 3 heterocycles. The standard InChI is InChI=1S/C27H32Cl2N4O3S2.C2HF3O2/c1-17(15-34)36-22-8-7-18(13-21(22)29)25(35)31-27-30-24(23-14-19(28)16-37-23)26(38-27)33-11-9-32(10-12-33)20-5-3-2-4-6-20;3-2(4,5)1(6)7/h7-8,13-14,16-17,20,34H,2-6,9-12,15H2,1H3,(H,30,31,35);(H,6,7). The Hall–Kier alpha value is -2.62. The first-order valence-corrected chi connectivity index (χ1v) is 16.7. The minimum absolute atomic E-state index is 0.127. The van der Waals surface area contributed by atoms with Crippen molar-refractivity contribution in [2.24, 2.45) is 0 Å². The van der Waals surface area contributed by atoms with Gasteiger partial charge in [0.15, 0.2) is 5.13 Å². The number of carbonyl (C=O) groups excluding carboxylic acids is 1. The first-order valence-electron chi connectivity index (χ1n) is 14.3. The molecule has 3 aromatic rings. The lowest BCUT2D eigenvalue weighted by molar-refractivity contribution is -0.192. The molecular formula is C29H33Cl2F3N4O5S2. The van der Waals surface area contributed by atoms with Gasteiger partial charge in [0.1, 0.15) is 22.5 Å². The number of carboxylic acid groups (broad SMARTS) is 1. The second-order valence-electron chi connectivity index (χ2n) is 10.6. The summed E-state index contributed by atoms with van der Waals surface area (Å²) in [5.74, 6) is -2.63. The summed E-state index contributed by atoms with van der Waals surface area (Å²) in [7, 11) is 0. The average molecular weight is 710 g/mol. The van der Waals surface area contributed by atoms with E-state index in [0.29, 0.717) is 32.5 Å². The minimum atomic E-state index is -5.08. The van der Waals surface area contributed by atoms with Gasteiger partial charge in [-0.2, -0.15) is 13.2 Å². The van der Waals surface area contributed by atoms with Crippen LogP contribution in [0.3, 0.4) is 0 Å². The number of hydrogen-bond donors (Lipinski definition) is 3. The lowest BCUT2D eigenvalue weighted by Crippen LogP contribution is -2.50. The molecule has 246 valence electrons. The van der Waals surface area contributed by atoms with Gasteiger partial charge in [-0.1, -0.05) is 53.8 Å². The number of aliphatic hydroxyl groups excluding tert-OH is 1. The maximum absolute atomic E-state index is 13.1. The van der Waals surface area contributed by atoms with Crippen LogP contribution in [0.15, 0.2) is 29.6 Å². The third-order valence-electron chi connectivity index (χ3n) is 7.34. The number of carboxylic acids is 1. The van der Waals surface area contributed by atoms with E-state index in [4.69, 9.17) is 42.8 Å². The second kappa shape index (κ2) is 15.8. The Morgan fingerprint density at radius 2 is 1.80 bits per heavy atom. The van der Waals surface area contributed by atoms with Gasteiger partial charge < -0.3 is 19.8 Å². The normalized spacial score (nSPS) is 16.9. The second-order valence-corrected chi connectivity index (χ2v) is 13.4. The number of hydrogen-bond acceptors (Lipinski definition) is 9. The number of rotatable bonds is 8. The molecule has 45 heavy (non-hydrogen) atoms. The average Bonchev–Trinajstić information content (AvgIpc) is 3.64. The third kappa shape index (κ3) is 9.69. The number of alkyl halides is 3. The summed E-state index contributed by atoms with van der Waals surface area (Å²) < 4.78 is 37.3. The zero-order valence-corrected chi connectivity index (χ0v) is 27.4. The Kier molecular flexibility index (Phi) is 12.4. The van der Waals surface area contributed by atoms with Crippen LogP contribution in [0.4, 0.5) is 23.3 Å². The number of amides is 1. The molecule has 16 heteroatoms. The van der Waals surface area contributed by atoms with Crippen molar-refractivity contribution in [3.8, 4) is 16.3 Å². The van der Waals surface area contributed by atoms with Crippen molar-refractivity contribution in [3.05, 3.63) is 45.3 Å². The van der Waals surface area contributed by atoms with Crippen molar-refractivity contribution in [2.45, 2.75) is 57.3 Å². The maximum atomic E-state index is 13.1. The smallest absolute Gasteiger partial charge is 0.487 e. The Balaban J connectivity index is 0.000000591. The topological polar surface area (TPSA) is 115 Å². The molecule has 1 saturated heterocycles. The largest absolute Gasteiger partial charge is 0.490 e. The van der Waals surface area contributed by atoms with Gasteiger partial charge in [-0.25, -0.2) is 9.78 Å². The molecule has 0 spiro atoms. The predicted octanol–water partition coefficient (Wildman–Crippen LogP) is 7.28. The van der Waals surface area contributed by atoms with E-state index in [-0.39, 0.29) is 12.5 Å². The van der Waals surface area contributed by atoms with Crippen LogP contribution >= 0.6 is 45.9 Å². The fourth-order valence-electron chi connectivity index (χ4n) is 5.07. The van der Waals surface area contributed by atoms with Crippen molar-refractivity contribution < 1.29 is 37.7 Å². The summed E-state index contributed by atoms with van der Waals surface area (Å²) in [6.45, 7) is 5.56. The first-order chi connectivity index (χ1) is 21.3. The maximum Gasteiger partial charge on any atom is 0.490 e. The number of benzene rings is 1. The molecule has 1 aliphatic carbocycles. The highest BCUT2D eigenvalue weighted by atomic mass is 35.5. The summed E-state index contributed by atoms with van der Waals surface area (Å²) in [6.07, 6.45) is 1.20. The summed E-state index contributed by atoms with van der Waals surface area (Å²) in [5.41, 5.74) is 1.26. The van der Waals surface area contributed by atoms with Crippen molar-refractivity contribution in [2.75, 3.05) is 43.0 Å². The van der Waals surface area contributed by atoms with E-state index < -0.39 is 18.2 Å². The van der Waals surface area contributed by atoms with E-state index in [1.165, 1.54) is 43.4 Å². The van der Waals surface area contributed by atoms with Gasteiger partial charge in [0.05, 0.1) is 21.5 Å². The number of nitrogens with one attached hydrogen (secondary N) is 1. The van der Waals surface area contributed by atoms with Gasteiger partial charge in [0, 0.05) is 43.2 Å². The van der Waals surface area contributed by atoms with Gasteiger partial charge in [-0.05, 0) is 44.0 Å². The lowest BCUT2D eigenvalue weighted by Gasteiger charge is -2.41. The first kappa shape index (κ1) is 35.2. The van der Waals surface area contributed by atoms with Gasteiger partial charge >= 0.3 is 12.1 Å². The summed E-state index contributed by atoms with van der Waals surface area (Å²) in [6, 6.07) is 7.50. The van der Waals surface area contributed by atoms with Crippen LogP contribution in [-0.4, -0.2) is 83.1 Å². The third-order valence-corrected chi connectivity index (χ3v) is 9.96. The van der Waals surface area contributed by atoms with Crippen molar-refractivity contribution in [1.29, 1.82) is 0 Å². The molecule has 3 N–H and O–H groups in total. The molecule has 2 aromatic heterocycles. The van der Waals surface area contributed by atoms with Gasteiger partial charge in [-0.3, -0.25) is 15.0 Å². The zero-order chi connectivity index (χ0) is 32.7. The zero-order valence-electron chi connectivity index (χ0n) is 24.3. The number of carbonyl (C=O) groups is 2. The van der Waals surface area contributed by atoms with Crippen LogP contribution in [0.2, 0.25) is 10.0 Å². The lowest BCUT2D eigenvalue weighted by atomic mass is 9.94. The Morgan fingerprint density at radius 3 is 2.36 bits per heavy atom. The Bertz CT molecular complexity index is 1460. The molecule has 2 aliphatic rings. The number of thiazole rings is 1. The molecule has 1 aliphatic heterocycles. The molecule has 1 atom stereocenters. The number of anilines is 2. The van der Waals surface area contributed by atoms with E-state index in [2.05, 4.69) is 15.1 Å². The fraction of sp³-hybridized carbons (Fsp3) is 0.483. The molecule has 0 radical (unpaired) electrons. The van der Waals surface area contributed by atoms with Gasteiger partial charge in [-0.15, -0.1) is 11.3 Å². The van der Waals surface area contributed by atoms with Crippen LogP contribution < -0.4 is 15.0 Å². The number of piperazine rings is 1. The number of nitrogens with zero attached hydrogens (tertiary/aromatic N) is 3. The van der Waals surface area contributed by atoms with E-state index in [9.17, 15) is 23.1 Å². The van der Waals surface area contributed by atoms with Gasteiger partial charge in [0.2, 0.25) is 0 Å². The highest BCUT2D eigenvalue weighted by Crippen LogP contribution is 2.42. The van der Waals surface area contributed by atoms with Gasteiger partial charge in [0.25, 0.3) is 5.91 Å².